The van der Waals surface area contributed by atoms with E-state index in [1.165, 1.54) is 30.5 Å². The molecule has 0 saturated carbocycles. The average molecular weight is 256 g/mol. The topological polar surface area (TPSA) is 98.0 Å². The lowest BCUT2D eigenvalue weighted by Crippen LogP contribution is -2.13. The van der Waals surface area contributed by atoms with E-state index in [4.69, 9.17) is 5.73 Å². The van der Waals surface area contributed by atoms with Crippen LogP contribution in [-0.4, -0.2) is 17.2 Å². The highest BCUT2D eigenvalue weighted by Crippen LogP contribution is 2.15. The van der Waals surface area contributed by atoms with Gasteiger partial charge in [-0.15, -0.1) is 0 Å². The monoisotopic (exact) mass is 256 g/mol. The first kappa shape index (κ1) is 10.8. The van der Waals surface area contributed by atoms with Crippen molar-refractivity contribution in [2.24, 2.45) is 0 Å². The van der Waals surface area contributed by atoms with Gasteiger partial charge >= 0.3 is 0 Å². The lowest BCUT2D eigenvalue weighted by molar-refractivity contribution is 0.601. The summed E-state index contributed by atoms with van der Waals surface area (Å²) >= 11 is 0.931. The summed E-state index contributed by atoms with van der Waals surface area (Å²) in [5, 5.41) is 0. The van der Waals surface area contributed by atoms with Crippen LogP contribution in [0.4, 0.5) is 11.5 Å². The van der Waals surface area contributed by atoms with Crippen LogP contribution in [0.1, 0.15) is 0 Å². The minimum atomic E-state index is -3.60. The zero-order chi connectivity index (χ0) is 11.6. The molecule has 0 aliphatic heterocycles. The largest absolute Gasteiger partial charge is 0.399 e. The number of benzene rings is 1. The smallest absolute Gasteiger partial charge is 0.263 e. The number of nitrogen functional groups attached to an aromatic ring is 1. The van der Waals surface area contributed by atoms with E-state index in [1.54, 1.807) is 0 Å². The SMILES string of the molecule is Nc1ccc(S(=O)(=O)Nc2cnsn2)cc1. The maximum Gasteiger partial charge on any atom is 0.263 e. The summed E-state index contributed by atoms with van der Waals surface area (Å²) < 4.78 is 33.4. The highest BCUT2D eigenvalue weighted by molar-refractivity contribution is 7.92. The molecule has 84 valence electrons. The number of hydrogen-bond acceptors (Lipinski definition) is 6. The van der Waals surface area contributed by atoms with Gasteiger partial charge in [0.05, 0.1) is 22.8 Å². The second-order valence-electron chi connectivity index (χ2n) is 2.97. The van der Waals surface area contributed by atoms with Crippen molar-refractivity contribution >= 4 is 33.3 Å². The minimum Gasteiger partial charge on any atom is -0.399 e. The van der Waals surface area contributed by atoms with Gasteiger partial charge in [-0.1, -0.05) is 0 Å². The van der Waals surface area contributed by atoms with E-state index in [9.17, 15) is 8.42 Å². The minimum absolute atomic E-state index is 0.134. The quantitative estimate of drug-likeness (QED) is 0.796. The third-order valence-electron chi connectivity index (χ3n) is 1.79. The zero-order valence-electron chi connectivity index (χ0n) is 7.99. The van der Waals surface area contributed by atoms with Crippen LogP contribution < -0.4 is 10.5 Å². The molecule has 6 nitrogen and oxygen atoms in total. The molecule has 0 unspecified atom stereocenters. The van der Waals surface area contributed by atoms with Crippen LogP contribution in [0.3, 0.4) is 0 Å². The summed E-state index contributed by atoms with van der Waals surface area (Å²) in [6.07, 6.45) is 1.35. The van der Waals surface area contributed by atoms with Gasteiger partial charge in [0, 0.05) is 5.69 Å². The van der Waals surface area contributed by atoms with Crippen LogP contribution in [0.25, 0.3) is 0 Å². The molecule has 8 heteroatoms. The zero-order valence-corrected chi connectivity index (χ0v) is 9.62. The number of hydrogen-bond donors (Lipinski definition) is 2. The first-order valence-corrected chi connectivity index (χ1v) is 6.45. The van der Waals surface area contributed by atoms with Crippen molar-refractivity contribution in [3.05, 3.63) is 30.5 Å². The van der Waals surface area contributed by atoms with Crippen molar-refractivity contribution in [2.45, 2.75) is 4.90 Å². The Morgan fingerprint density at radius 1 is 1.25 bits per heavy atom. The second kappa shape index (κ2) is 4.06. The number of aromatic nitrogens is 2. The van der Waals surface area contributed by atoms with Crippen molar-refractivity contribution in [3.8, 4) is 0 Å². The molecule has 1 aromatic heterocycles. The van der Waals surface area contributed by atoms with Gasteiger partial charge in [0.25, 0.3) is 10.0 Å². The van der Waals surface area contributed by atoms with Crippen molar-refractivity contribution in [1.82, 2.24) is 8.75 Å². The molecule has 0 spiro atoms. The summed E-state index contributed by atoms with van der Waals surface area (Å²) in [7, 11) is -3.60. The molecule has 1 heterocycles. The van der Waals surface area contributed by atoms with Crippen molar-refractivity contribution in [1.29, 1.82) is 0 Å². The van der Waals surface area contributed by atoms with Crippen LogP contribution in [-0.2, 0) is 10.0 Å². The predicted molar refractivity (Wildman–Crippen MR) is 61.6 cm³/mol. The van der Waals surface area contributed by atoms with Gasteiger partial charge in [0.1, 0.15) is 0 Å². The van der Waals surface area contributed by atoms with E-state index < -0.39 is 10.0 Å². The van der Waals surface area contributed by atoms with Gasteiger partial charge < -0.3 is 5.73 Å². The van der Waals surface area contributed by atoms with Gasteiger partial charge in [-0.25, -0.2) is 8.42 Å². The summed E-state index contributed by atoms with van der Waals surface area (Å²) in [5.41, 5.74) is 5.98. The van der Waals surface area contributed by atoms with E-state index in [0.29, 0.717) is 5.69 Å². The normalized spacial score (nSPS) is 11.2. The maximum atomic E-state index is 11.8. The summed E-state index contributed by atoms with van der Waals surface area (Å²) in [6, 6.07) is 5.90. The van der Waals surface area contributed by atoms with Crippen molar-refractivity contribution in [3.63, 3.8) is 0 Å². The number of sulfonamides is 1. The summed E-state index contributed by atoms with van der Waals surface area (Å²) in [4.78, 5) is 0.134. The van der Waals surface area contributed by atoms with Crippen molar-refractivity contribution < 1.29 is 8.42 Å². The summed E-state index contributed by atoms with van der Waals surface area (Å²) in [6.45, 7) is 0. The highest BCUT2D eigenvalue weighted by Gasteiger charge is 2.14. The fourth-order valence-electron chi connectivity index (χ4n) is 1.05. The lowest BCUT2D eigenvalue weighted by atomic mass is 10.3. The number of nitrogens with one attached hydrogen (secondary N) is 1. The van der Waals surface area contributed by atoms with Gasteiger partial charge in [-0.2, -0.15) is 8.75 Å². The third-order valence-corrected chi connectivity index (χ3v) is 3.64. The van der Waals surface area contributed by atoms with E-state index in [0.717, 1.165) is 11.7 Å². The summed E-state index contributed by atoms with van der Waals surface area (Å²) in [5.74, 6) is 0.210. The van der Waals surface area contributed by atoms with Gasteiger partial charge in [-0.3, -0.25) is 4.72 Å². The number of rotatable bonds is 3. The van der Waals surface area contributed by atoms with Gasteiger partial charge in [0.2, 0.25) is 0 Å². The van der Waals surface area contributed by atoms with E-state index in [2.05, 4.69) is 13.5 Å². The molecule has 2 aromatic rings. The Morgan fingerprint density at radius 2 is 1.94 bits per heavy atom. The van der Waals surface area contributed by atoms with E-state index in [-0.39, 0.29) is 10.7 Å². The van der Waals surface area contributed by atoms with Crippen LogP contribution in [0.15, 0.2) is 35.4 Å². The standard InChI is InChI=1S/C8H8N4O2S2/c9-6-1-3-7(4-2-6)16(13,14)12-8-5-10-15-11-8/h1-5H,9H2,(H,11,12). The van der Waals surface area contributed by atoms with Gasteiger partial charge in [0.15, 0.2) is 5.82 Å². The second-order valence-corrected chi connectivity index (χ2v) is 5.21. The average Bonchev–Trinajstić information content (AvgIpc) is 2.70. The molecule has 0 amide bonds. The first-order valence-electron chi connectivity index (χ1n) is 4.24. The molecule has 16 heavy (non-hydrogen) atoms. The lowest BCUT2D eigenvalue weighted by Gasteiger charge is -2.04. The van der Waals surface area contributed by atoms with E-state index in [1.807, 2.05) is 0 Å². The maximum absolute atomic E-state index is 11.8. The molecule has 0 bridgehead atoms. The Morgan fingerprint density at radius 3 is 2.50 bits per heavy atom. The molecule has 0 fully saturated rings. The molecule has 0 saturated heterocycles. The van der Waals surface area contributed by atoms with Crippen LogP contribution in [0.2, 0.25) is 0 Å². The molecule has 2 rings (SSSR count). The predicted octanol–water partition coefficient (Wildman–Crippen LogP) is 0.921. The Labute approximate surface area is 96.5 Å². The molecule has 0 aliphatic rings. The molecular formula is C8H8N4O2S2. The fraction of sp³-hybridized carbons (Fsp3) is 0. The Hall–Kier alpha value is -1.67. The number of anilines is 2. The van der Waals surface area contributed by atoms with Crippen molar-refractivity contribution in [2.75, 3.05) is 10.5 Å². The molecule has 0 aliphatic carbocycles. The Balaban J connectivity index is 2.29. The molecule has 0 atom stereocenters. The molecular weight excluding hydrogens is 248 g/mol. The Bertz CT molecular complexity index is 563. The molecule has 3 N–H and O–H groups in total. The van der Waals surface area contributed by atoms with Crippen LogP contribution in [0, 0.1) is 0 Å². The Kier molecular flexibility index (Phi) is 2.75. The molecule has 1 aromatic carbocycles. The van der Waals surface area contributed by atoms with Gasteiger partial charge in [-0.05, 0) is 24.3 Å². The van der Waals surface area contributed by atoms with Crippen LogP contribution >= 0.6 is 11.7 Å². The number of nitrogens with zero attached hydrogens (tertiary/aromatic N) is 2. The van der Waals surface area contributed by atoms with E-state index >= 15 is 0 Å². The number of nitrogens with two attached hydrogens (primary N) is 1. The molecule has 0 radical (unpaired) electrons. The fourth-order valence-corrected chi connectivity index (χ4v) is 2.47. The van der Waals surface area contributed by atoms with Crippen LogP contribution in [0.5, 0.6) is 0 Å². The third kappa shape index (κ3) is 2.28. The highest BCUT2D eigenvalue weighted by atomic mass is 32.2. The first-order chi connectivity index (χ1) is 7.58.